The Bertz CT molecular complexity index is 1700. The highest BCUT2D eigenvalue weighted by atomic mass is 32.2. The molecule has 1 N–H and O–H groups in total. The van der Waals surface area contributed by atoms with Crippen molar-refractivity contribution in [2.75, 3.05) is 10.8 Å². The number of carbonyl (C=O) groups is 2. The van der Waals surface area contributed by atoms with Crippen molar-refractivity contribution in [3.8, 4) is 0 Å². The molecule has 0 unspecified atom stereocenters. The zero-order valence-electron chi connectivity index (χ0n) is 25.9. The molecule has 45 heavy (non-hydrogen) atoms. The van der Waals surface area contributed by atoms with E-state index >= 15 is 0 Å². The van der Waals surface area contributed by atoms with Gasteiger partial charge in [0.25, 0.3) is 10.0 Å². The van der Waals surface area contributed by atoms with Crippen molar-refractivity contribution in [2.24, 2.45) is 0 Å². The van der Waals surface area contributed by atoms with Crippen LogP contribution < -0.4 is 9.62 Å². The molecule has 234 valence electrons. The molecule has 0 saturated heterocycles. The molecule has 5 rings (SSSR count). The average molecular weight is 624 g/mol. The van der Waals surface area contributed by atoms with Crippen LogP contribution in [-0.4, -0.2) is 43.8 Å². The monoisotopic (exact) mass is 623 g/mol. The molecule has 0 bridgehead atoms. The van der Waals surface area contributed by atoms with Gasteiger partial charge < -0.3 is 10.2 Å². The van der Waals surface area contributed by atoms with Crippen LogP contribution in [0, 0.1) is 13.8 Å². The minimum absolute atomic E-state index is 0.0635. The topological polar surface area (TPSA) is 86.8 Å². The van der Waals surface area contributed by atoms with E-state index in [-0.39, 0.29) is 23.4 Å². The number of nitrogens with zero attached hydrogens (tertiary/aromatic N) is 2. The molecule has 4 aromatic rings. The third-order valence-corrected chi connectivity index (χ3v) is 10.2. The lowest BCUT2D eigenvalue weighted by molar-refractivity contribution is -0.140. The molecule has 1 saturated carbocycles. The van der Waals surface area contributed by atoms with Gasteiger partial charge in [-0.05, 0) is 61.6 Å². The van der Waals surface area contributed by atoms with Gasteiger partial charge in [-0.2, -0.15) is 0 Å². The minimum atomic E-state index is -4.12. The lowest BCUT2D eigenvalue weighted by Gasteiger charge is -2.34. The normalized spacial score (nSPS) is 14.1. The highest BCUT2D eigenvalue weighted by Crippen LogP contribution is 2.28. The van der Waals surface area contributed by atoms with E-state index in [0.717, 1.165) is 47.9 Å². The van der Waals surface area contributed by atoms with Crippen LogP contribution >= 0.6 is 0 Å². The second-order valence-electron chi connectivity index (χ2n) is 11.8. The van der Waals surface area contributed by atoms with Gasteiger partial charge in [0.15, 0.2) is 0 Å². The molecular weight excluding hydrogens is 582 g/mol. The Morgan fingerprint density at radius 3 is 2.09 bits per heavy atom. The summed E-state index contributed by atoms with van der Waals surface area (Å²) in [7, 11) is -4.12. The number of anilines is 1. The van der Waals surface area contributed by atoms with Crippen molar-refractivity contribution in [3.05, 3.63) is 131 Å². The number of rotatable bonds is 12. The summed E-state index contributed by atoms with van der Waals surface area (Å²) in [5, 5.41) is 3.22. The van der Waals surface area contributed by atoms with Gasteiger partial charge in [-0.15, -0.1) is 0 Å². The van der Waals surface area contributed by atoms with Gasteiger partial charge in [-0.25, -0.2) is 8.42 Å². The molecule has 1 aliphatic rings. The fourth-order valence-electron chi connectivity index (χ4n) is 6.00. The van der Waals surface area contributed by atoms with Gasteiger partial charge in [-0.1, -0.05) is 109 Å². The molecule has 0 heterocycles. The van der Waals surface area contributed by atoms with E-state index < -0.39 is 28.5 Å². The van der Waals surface area contributed by atoms with Gasteiger partial charge >= 0.3 is 0 Å². The maximum Gasteiger partial charge on any atom is 0.264 e. The smallest absolute Gasteiger partial charge is 0.264 e. The van der Waals surface area contributed by atoms with Crippen molar-refractivity contribution in [1.82, 2.24) is 10.2 Å². The molecule has 0 aliphatic heterocycles. The van der Waals surface area contributed by atoms with Crippen LogP contribution in [0.1, 0.15) is 47.9 Å². The molecule has 0 aromatic heterocycles. The minimum Gasteiger partial charge on any atom is -0.352 e. The maximum atomic E-state index is 14.6. The summed E-state index contributed by atoms with van der Waals surface area (Å²) in [6.45, 7) is 3.50. The van der Waals surface area contributed by atoms with Crippen molar-refractivity contribution in [2.45, 2.75) is 69.5 Å². The zero-order chi connectivity index (χ0) is 31.8. The summed E-state index contributed by atoms with van der Waals surface area (Å²) in [5.41, 5.74) is 3.94. The number of para-hydroxylation sites is 1. The molecule has 1 atom stereocenters. The van der Waals surface area contributed by atoms with E-state index in [4.69, 9.17) is 0 Å². The first-order valence-corrected chi connectivity index (χ1v) is 17.0. The molecule has 1 aliphatic carbocycles. The highest BCUT2D eigenvalue weighted by molar-refractivity contribution is 7.92. The van der Waals surface area contributed by atoms with Gasteiger partial charge in [0.05, 0.1) is 10.6 Å². The van der Waals surface area contributed by atoms with Crippen LogP contribution in [0.3, 0.4) is 0 Å². The quantitative estimate of drug-likeness (QED) is 0.204. The Morgan fingerprint density at radius 1 is 0.800 bits per heavy atom. The number of hydrogen-bond donors (Lipinski definition) is 1. The zero-order valence-corrected chi connectivity index (χ0v) is 26.7. The van der Waals surface area contributed by atoms with Crippen molar-refractivity contribution < 1.29 is 18.0 Å². The van der Waals surface area contributed by atoms with Crippen LogP contribution in [0.15, 0.2) is 114 Å². The van der Waals surface area contributed by atoms with E-state index in [2.05, 4.69) is 5.32 Å². The van der Waals surface area contributed by atoms with E-state index in [1.165, 1.54) is 16.4 Å². The number of nitrogens with one attached hydrogen (secondary N) is 1. The lowest BCUT2D eigenvalue weighted by Crippen LogP contribution is -2.54. The van der Waals surface area contributed by atoms with E-state index in [9.17, 15) is 18.0 Å². The standard InChI is InChI=1S/C37H41N3O4S/c1-28-14-13-18-31(24-28)26-39(35(25-30-16-5-3-6-17-30)37(42)38-32-19-10-11-20-32)36(41)27-40(34-23-12-9-15-29(34)2)45(43,44)33-21-7-4-8-22-33/h3-9,12-18,21-24,32,35H,10-11,19-20,25-27H2,1-2H3,(H,38,42)/t35-/m0/s1. The largest absolute Gasteiger partial charge is 0.352 e. The third kappa shape index (κ3) is 8.00. The second kappa shape index (κ2) is 14.6. The number of carbonyl (C=O) groups excluding carboxylic acids is 2. The lowest BCUT2D eigenvalue weighted by atomic mass is 10.0. The van der Waals surface area contributed by atoms with Crippen molar-refractivity contribution >= 4 is 27.5 Å². The predicted octanol–water partition coefficient (Wildman–Crippen LogP) is 6.20. The van der Waals surface area contributed by atoms with Gasteiger partial charge in [0.1, 0.15) is 12.6 Å². The second-order valence-corrected chi connectivity index (χ2v) is 13.7. The predicted molar refractivity (Wildman–Crippen MR) is 178 cm³/mol. The fraction of sp³-hybridized carbons (Fsp3) is 0.297. The Balaban J connectivity index is 1.57. The number of hydrogen-bond acceptors (Lipinski definition) is 4. The summed E-state index contributed by atoms with van der Waals surface area (Å²) in [4.78, 5) is 30.4. The first-order valence-electron chi connectivity index (χ1n) is 15.5. The van der Waals surface area contributed by atoms with Crippen LogP contribution in [0.5, 0.6) is 0 Å². The molecule has 1 fully saturated rings. The van der Waals surface area contributed by atoms with Gasteiger partial charge in [0, 0.05) is 19.0 Å². The Labute approximate surface area is 266 Å². The maximum absolute atomic E-state index is 14.6. The van der Waals surface area contributed by atoms with Gasteiger partial charge in [0.2, 0.25) is 11.8 Å². The summed E-state index contributed by atoms with van der Waals surface area (Å²) in [6.07, 6.45) is 4.23. The molecule has 4 aromatic carbocycles. The Hall–Kier alpha value is -4.43. The molecular formula is C37H41N3O4S. The summed E-state index contributed by atoms with van der Waals surface area (Å²) in [6, 6.07) is 32.0. The first-order chi connectivity index (χ1) is 21.7. The summed E-state index contributed by atoms with van der Waals surface area (Å²) < 4.78 is 29.5. The van der Waals surface area contributed by atoms with Crippen LogP contribution in [0.2, 0.25) is 0 Å². The molecule has 7 nitrogen and oxygen atoms in total. The molecule has 2 amide bonds. The van der Waals surface area contributed by atoms with Crippen LogP contribution in [-0.2, 0) is 32.6 Å². The SMILES string of the molecule is Cc1cccc(CN(C(=O)CN(c2ccccc2C)S(=O)(=O)c2ccccc2)[C@@H](Cc2ccccc2)C(=O)NC2CCCC2)c1. The summed E-state index contributed by atoms with van der Waals surface area (Å²) in [5.74, 6) is -0.679. The summed E-state index contributed by atoms with van der Waals surface area (Å²) >= 11 is 0. The third-order valence-electron chi connectivity index (χ3n) is 8.40. The van der Waals surface area contributed by atoms with Crippen LogP contribution in [0.4, 0.5) is 5.69 Å². The number of benzene rings is 4. The highest BCUT2D eigenvalue weighted by Gasteiger charge is 2.35. The number of amides is 2. The van der Waals surface area contributed by atoms with Crippen molar-refractivity contribution in [1.29, 1.82) is 0 Å². The average Bonchev–Trinajstić information content (AvgIpc) is 3.56. The number of sulfonamides is 1. The Morgan fingerprint density at radius 2 is 1.42 bits per heavy atom. The van der Waals surface area contributed by atoms with Crippen molar-refractivity contribution in [3.63, 3.8) is 0 Å². The van der Waals surface area contributed by atoms with E-state index in [1.807, 2.05) is 80.6 Å². The van der Waals surface area contributed by atoms with E-state index in [0.29, 0.717) is 12.1 Å². The molecule has 8 heteroatoms. The molecule has 0 spiro atoms. The van der Waals surface area contributed by atoms with Crippen LogP contribution in [0.25, 0.3) is 0 Å². The van der Waals surface area contributed by atoms with Gasteiger partial charge in [-0.3, -0.25) is 13.9 Å². The first kappa shape index (κ1) is 32.0. The Kier molecular flexibility index (Phi) is 10.4. The molecule has 0 radical (unpaired) electrons. The number of aryl methyl sites for hydroxylation is 2. The van der Waals surface area contributed by atoms with E-state index in [1.54, 1.807) is 35.2 Å². The fourth-order valence-corrected chi connectivity index (χ4v) is 7.50.